The van der Waals surface area contributed by atoms with Gasteiger partial charge in [-0.3, -0.25) is 4.79 Å². The first kappa shape index (κ1) is 14.4. The highest BCUT2D eigenvalue weighted by Crippen LogP contribution is 2.33. The van der Waals surface area contributed by atoms with Gasteiger partial charge in [-0.15, -0.1) is 0 Å². The minimum atomic E-state index is -0.990. The van der Waals surface area contributed by atoms with Crippen molar-refractivity contribution >= 4 is 17.6 Å². The van der Waals surface area contributed by atoms with Crippen molar-refractivity contribution in [2.45, 2.75) is 44.6 Å². The molecule has 1 aliphatic rings. The van der Waals surface area contributed by atoms with Crippen LogP contribution in [0.4, 0.5) is 5.69 Å². The molecule has 5 nitrogen and oxygen atoms in total. The maximum Gasteiger partial charge on any atom is 0.329 e. The molecule has 1 fully saturated rings. The van der Waals surface area contributed by atoms with Crippen LogP contribution >= 0.6 is 0 Å². The highest BCUT2D eigenvalue weighted by Gasteiger charge is 2.40. The van der Waals surface area contributed by atoms with Crippen molar-refractivity contribution in [3.05, 3.63) is 29.3 Å². The van der Waals surface area contributed by atoms with Crippen molar-refractivity contribution in [1.82, 2.24) is 0 Å². The Morgan fingerprint density at radius 2 is 1.90 bits per heavy atom. The third kappa shape index (κ3) is 2.76. The summed E-state index contributed by atoms with van der Waals surface area (Å²) >= 11 is 0. The molecule has 0 aromatic heterocycles. The van der Waals surface area contributed by atoms with E-state index in [9.17, 15) is 14.7 Å². The van der Waals surface area contributed by atoms with Crippen LogP contribution in [0.3, 0.4) is 0 Å². The fourth-order valence-corrected chi connectivity index (χ4v) is 2.78. The second-order valence-corrected chi connectivity index (χ2v) is 5.49. The summed E-state index contributed by atoms with van der Waals surface area (Å²) in [7, 11) is 0. The quantitative estimate of drug-likeness (QED) is 0.786. The lowest BCUT2D eigenvalue weighted by atomic mass is 9.81. The van der Waals surface area contributed by atoms with Crippen LogP contribution in [0.5, 0.6) is 0 Å². The van der Waals surface area contributed by atoms with Crippen LogP contribution < -0.4 is 11.1 Å². The Bertz CT molecular complexity index is 534. The van der Waals surface area contributed by atoms with Crippen LogP contribution in [0, 0.1) is 6.92 Å². The minimum absolute atomic E-state index is 0.335. The van der Waals surface area contributed by atoms with Crippen molar-refractivity contribution in [2.75, 3.05) is 5.32 Å². The topological polar surface area (TPSA) is 92.4 Å². The fraction of sp³-hybridized carbons (Fsp3) is 0.467. The van der Waals surface area contributed by atoms with Gasteiger partial charge in [-0.25, -0.2) is 4.79 Å². The number of carbonyl (C=O) groups is 2. The van der Waals surface area contributed by atoms with E-state index in [1.165, 1.54) is 0 Å². The molecule has 0 radical (unpaired) electrons. The molecule has 0 atom stereocenters. The van der Waals surface area contributed by atoms with Gasteiger partial charge in [-0.05, 0) is 37.5 Å². The number of benzene rings is 1. The molecule has 0 saturated heterocycles. The van der Waals surface area contributed by atoms with Crippen molar-refractivity contribution < 1.29 is 14.7 Å². The fourth-order valence-electron chi connectivity index (χ4n) is 2.78. The van der Waals surface area contributed by atoms with E-state index in [1.807, 2.05) is 6.92 Å². The minimum Gasteiger partial charge on any atom is -0.480 e. The molecule has 1 aromatic carbocycles. The summed E-state index contributed by atoms with van der Waals surface area (Å²) in [5.74, 6) is -1.42. The van der Waals surface area contributed by atoms with Crippen LogP contribution in [0.1, 0.15) is 48.0 Å². The molecule has 1 amide bonds. The van der Waals surface area contributed by atoms with E-state index in [-0.39, 0.29) is 0 Å². The zero-order valence-corrected chi connectivity index (χ0v) is 11.6. The number of carbonyl (C=O) groups excluding carboxylic acids is 1. The molecule has 0 unspecified atom stereocenters. The zero-order chi connectivity index (χ0) is 14.8. The van der Waals surface area contributed by atoms with E-state index in [0.717, 1.165) is 24.8 Å². The van der Waals surface area contributed by atoms with E-state index in [2.05, 4.69) is 5.32 Å². The van der Waals surface area contributed by atoms with Gasteiger partial charge in [0.2, 0.25) is 0 Å². The van der Waals surface area contributed by atoms with Gasteiger partial charge in [0.05, 0.1) is 5.56 Å². The maximum atomic E-state index is 11.7. The summed E-state index contributed by atoms with van der Waals surface area (Å²) in [4.78, 5) is 23.2. The number of hydrogen-bond donors (Lipinski definition) is 3. The van der Waals surface area contributed by atoms with Gasteiger partial charge >= 0.3 is 5.97 Å². The first-order valence-corrected chi connectivity index (χ1v) is 6.87. The number of aliphatic carboxylic acids is 1. The molecular formula is C15H20N2O3. The van der Waals surface area contributed by atoms with Crippen LogP contribution in [0.2, 0.25) is 0 Å². The normalized spacial score (nSPS) is 17.4. The summed E-state index contributed by atoms with van der Waals surface area (Å²) in [5, 5.41) is 12.7. The third-order valence-electron chi connectivity index (χ3n) is 3.93. The number of carboxylic acids is 1. The second-order valence-electron chi connectivity index (χ2n) is 5.49. The van der Waals surface area contributed by atoms with E-state index in [4.69, 9.17) is 5.73 Å². The molecular weight excluding hydrogens is 256 g/mol. The lowest BCUT2D eigenvalue weighted by molar-refractivity contribution is -0.143. The van der Waals surface area contributed by atoms with Crippen molar-refractivity contribution in [3.8, 4) is 0 Å². The van der Waals surface area contributed by atoms with Gasteiger partial charge in [-0.2, -0.15) is 0 Å². The molecule has 4 N–H and O–H groups in total. The SMILES string of the molecule is Cc1ccc(C(N)=O)c(NC2(C(=O)O)CCCCC2)c1. The first-order valence-electron chi connectivity index (χ1n) is 6.87. The number of carboxylic acid groups (broad SMARTS) is 1. The van der Waals surface area contributed by atoms with Crippen LogP contribution in [0.15, 0.2) is 18.2 Å². The Balaban J connectivity index is 2.38. The number of hydrogen-bond acceptors (Lipinski definition) is 3. The lowest BCUT2D eigenvalue weighted by Crippen LogP contribution is -2.48. The van der Waals surface area contributed by atoms with Crippen molar-refractivity contribution in [3.63, 3.8) is 0 Å². The number of primary amides is 1. The number of amides is 1. The molecule has 1 saturated carbocycles. The monoisotopic (exact) mass is 276 g/mol. The Labute approximate surface area is 118 Å². The molecule has 0 bridgehead atoms. The number of nitrogens with one attached hydrogen (secondary N) is 1. The average molecular weight is 276 g/mol. The lowest BCUT2D eigenvalue weighted by Gasteiger charge is -2.35. The highest BCUT2D eigenvalue weighted by atomic mass is 16.4. The Kier molecular flexibility index (Phi) is 3.97. The largest absolute Gasteiger partial charge is 0.480 e. The van der Waals surface area contributed by atoms with E-state index in [0.29, 0.717) is 24.1 Å². The first-order chi connectivity index (χ1) is 9.44. The molecule has 108 valence electrons. The molecule has 20 heavy (non-hydrogen) atoms. The maximum absolute atomic E-state index is 11.7. The van der Waals surface area contributed by atoms with Gasteiger partial charge < -0.3 is 16.2 Å². The standard InChI is InChI=1S/C15H20N2O3/c1-10-5-6-11(13(16)18)12(9-10)17-15(14(19)20)7-3-2-4-8-15/h5-6,9,17H,2-4,7-8H2,1H3,(H2,16,18)(H,19,20). The third-order valence-corrected chi connectivity index (χ3v) is 3.93. The van der Waals surface area contributed by atoms with Crippen LogP contribution in [-0.4, -0.2) is 22.5 Å². The predicted molar refractivity (Wildman–Crippen MR) is 76.8 cm³/mol. The summed E-state index contributed by atoms with van der Waals surface area (Å²) < 4.78 is 0. The average Bonchev–Trinajstić information content (AvgIpc) is 2.39. The summed E-state index contributed by atoms with van der Waals surface area (Å²) in [6, 6.07) is 5.21. The van der Waals surface area contributed by atoms with Crippen molar-refractivity contribution in [1.29, 1.82) is 0 Å². The van der Waals surface area contributed by atoms with Gasteiger partial charge in [0, 0.05) is 5.69 Å². The molecule has 0 heterocycles. The number of anilines is 1. The van der Waals surface area contributed by atoms with Gasteiger partial charge in [0.1, 0.15) is 5.54 Å². The summed E-state index contributed by atoms with van der Waals surface area (Å²) in [6.07, 6.45) is 3.92. The van der Waals surface area contributed by atoms with Crippen molar-refractivity contribution in [2.24, 2.45) is 5.73 Å². The Morgan fingerprint density at radius 3 is 2.45 bits per heavy atom. The van der Waals surface area contributed by atoms with Gasteiger partial charge in [-0.1, -0.05) is 25.3 Å². The molecule has 1 aromatic rings. The molecule has 0 spiro atoms. The number of nitrogens with two attached hydrogens (primary N) is 1. The Hall–Kier alpha value is -2.04. The zero-order valence-electron chi connectivity index (χ0n) is 11.6. The summed E-state index contributed by atoms with van der Waals surface area (Å²) in [6.45, 7) is 1.89. The molecule has 2 rings (SSSR count). The van der Waals surface area contributed by atoms with Crippen LogP contribution in [-0.2, 0) is 4.79 Å². The number of aryl methyl sites for hydroxylation is 1. The molecule has 5 heteroatoms. The van der Waals surface area contributed by atoms with Gasteiger partial charge in [0.15, 0.2) is 0 Å². The predicted octanol–water partition coefficient (Wildman–Crippen LogP) is 2.29. The molecule has 0 aliphatic heterocycles. The smallest absolute Gasteiger partial charge is 0.329 e. The Morgan fingerprint density at radius 1 is 1.25 bits per heavy atom. The van der Waals surface area contributed by atoms with E-state index in [1.54, 1.807) is 18.2 Å². The highest BCUT2D eigenvalue weighted by molar-refractivity contribution is 5.99. The number of rotatable bonds is 4. The van der Waals surface area contributed by atoms with Gasteiger partial charge in [0.25, 0.3) is 5.91 Å². The summed E-state index contributed by atoms with van der Waals surface area (Å²) in [5.41, 5.74) is 6.18. The van der Waals surface area contributed by atoms with Crippen LogP contribution in [0.25, 0.3) is 0 Å². The van der Waals surface area contributed by atoms with E-state index >= 15 is 0 Å². The molecule has 1 aliphatic carbocycles. The second kappa shape index (κ2) is 5.53. The van der Waals surface area contributed by atoms with E-state index < -0.39 is 17.4 Å².